The van der Waals surface area contributed by atoms with Crippen molar-refractivity contribution in [1.82, 2.24) is 9.55 Å². The Bertz CT molecular complexity index is 1560. The van der Waals surface area contributed by atoms with Gasteiger partial charge in [-0.25, -0.2) is 4.79 Å². The summed E-state index contributed by atoms with van der Waals surface area (Å²) in [6, 6.07) is 29.5. The molecule has 0 saturated carbocycles. The monoisotopic (exact) mass is 594 g/mol. The van der Waals surface area contributed by atoms with Gasteiger partial charge in [0.05, 0.1) is 26.9 Å². The summed E-state index contributed by atoms with van der Waals surface area (Å²) in [5, 5.41) is 11.9. The zero-order chi connectivity index (χ0) is 31.5. The normalized spacial score (nSPS) is 12.5. The zero-order valence-electron chi connectivity index (χ0n) is 25.5. The Labute approximate surface area is 258 Å². The quantitative estimate of drug-likeness (QED) is 0.184. The van der Waals surface area contributed by atoms with Gasteiger partial charge in [0.15, 0.2) is 0 Å². The number of nitriles is 1. The number of carbonyl (C=O) groups is 1. The van der Waals surface area contributed by atoms with E-state index in [0.717, 1.165) is 28.2 Å². The summed E-state index contributed by atoms with van der Waals surface area (Å²) in [5.41, 5.74) is 1.23. The molecule has 9 heteroatoms. The van der Waals surface area contributed by atoms with Crippen molar-refractivity contribution in [3.63, 3.8) is 0 Å². The second-order valence-electron chi connectivity index (χ2n) is 10.7. The highest BCUT2D eigenvalue weighted by Crippen LogP contribution is 2.42. The van der Waals surface area contributed by atoms with Gasteiger partial charge in [0.2, 0.25) is 5.91 Å². The van der Waals surface area contributed by atoms with Crippen molar-refractivity contribution in [2.24, 2.45) is 11.8 Å². The number of amides is 1. The van der Waals surface area contributed by atoms with Gasteiger partial charge in [-0.05, 0) is 59.4 Å². The number of hydrogen-bond acceptors (Lipinski definition) is 7. The number of ether oxygens (including phenoxy) is 3. The highest BCUT2D eigenvalue weighted by molar-refractivity contribution is 5.87. The number of nitrogens with zero attached hydrogens (tertiary/aromatic N) is 3. The minimum atomic E-state index is -1.02. The van der Waals surface area contributed by atoms with Crippen molar-refractivity contribution in [1.29, 1.82) is 5.26 Å². The molecule has 0 unspecified atom stereocenters. The van der Waals surface area contributed by atoms with E-state index in [0.29, 0.717) is 19.4 Å². The van der Waals surface area contributed by atoms with Crippen molar-refractivity contribution in [2.75, 3.05) is 26.1 Å². The Morgan fingerprint density at radius 2 is 1.50 bits per heavy atom. The summed E-state index contributed by atoms with van der Waals surface area (Å²) in [6.07, 6.45) is 2.65. The van der Waals surface area contributed by atoms with Crippen LogP contribution in [0.2, 0.25) is 0 Å². The Kier molecular flexibility index (Phi) is 10.9. The highest BCUT2D eigenvalue weighted by Gasteiger charge is 2.39. The van der Waals surface area contributed by atoms with Crippen LogP contribution in [0.25, 0.3) is 0 Å². The van der Waals surface area contributed by atoms with Crippen LogP contribution in [0.3, 0.4) is 0 Å². The van der Waals surface area contributed by atoms with Gasteiger partial charge in [0.1, 0.15) is 22.9 Å². The van der Waals surface area contributed by atoms with Gasteiger partial charge in [-0.15, -0.1) is 0 Å². The van der Waals surface area contributed by atoms with Crippen molar-refractivity contribution in [3.05, 3.63) is 118 Å². The van der Waals surface area contributed by atoms with Crippen LogP contribution in [0.5, 0.6) is 11.5 Å². The molecule has 4 rings (SSSR count). The second kappa shape index (κ2) is 15.0. The smallest absolute Gasteiger partial charge is 0.349 e. The first kappa shape index (κ1) is 32.0. The molecule has 0 fully saturated rings. The molecule has 1 N–H and O–H groups in total. The lowest BCUT2D eigenvalue weighted by Crippen LogP contribution is -2.37. The van der Waals surface area contributed by atoms with Gasteiger partial charge in [0, 0.05) is 32.0 Å². The molecule has 0 aliphatic rings. The topological polar surface area (TPSA) is 115 Å². The fourth-order valence-corrected chi connectivity index (χ4v) is 5.30. The molecule has 0 spiro atoms. The molecule has 228 valence electrons. The first-order valence-corrected chi connectivity index (χ1v) is 14.5. The van der Waals surface area contributed by atoms with Gasteiger partial charge in [-0.2, -0.15) is 10.2 Å². The van der Waals surface area contributed by atoms with Crippen LogP contribution >= 0.6 is 0 Å². The number of carbonyl (C=O) groups excluding carboxylic acids is 1. The van der Waals surface area contributed by atoms with E-state index >= 15 is 0 Å². The molecule has 0 saturated heterocycles. The maximum atomic E-state index is 13.0. The van der Waals surface area contributed by atoms with Crippen LogP contribution in [0.1, 0.15) is 43.4 Å². The third-order valence-corrected chi connectivity index (χ3v) is 7.81. The molecule has 1 heterocycles. The lowest BCUT2D eigenvalue weighted by Gasteiger charge is -2.38. The number of rotatable bonds is 14. The van der Waals surface area contributed by atoms with E-state index < -0.39 is 11.3 Å². The van der Waals surface area contributed by atoms with Crippen molar-refractivity contribution >= 4 is 11.7 Å². The van der Waals surface area contributed by atoms with Gasteiger partial charge < -0.3 is 19.5 Å². The van der Waals surface area contributed by atoms with E-state index in [1.165, 1.54) is 11.5 Å². The standard InChI is InChI=1S/C35H38N4O5/c1-25(9-8-21-36)27(23-39-22-20-33(37-26(2)40)38-34(39)41)24-44-35(28-10-6-5-7-11-28,29-12-16-31(42-3)17-13-29)30-14-18-32(43-4)19-15-30/h5-7,10-20,22,25,27H,8-9,23-24H2,1-4H3,(H,37,38,40,41)/t25-,27-/m1/s1. The highest BCUT2D eigenvalue weighted by atomic mass is 16.5. The Hall–Kier alpha value is -4.94. The van der Waals surface area contributed by atoms with Crippen LogP contribution in [-0.2, 0) is 21.7 Å². The average Bonchev–Trinajstić information content (AvgIpc) is 3.05. The molecule has 3 aromatic carbocycles. The molecule has 0 aliphatic heterocycles. The number of methoxy groups -OCH3 is 2. The van der Waals surface area contributed by atoms with Crippen LogP contribution in [0.15, 0.2) is 95.9 Å². The van der Waals surface area contributed by atoms with Crippen LogP contribution in [-0.4, -0.2) is 36.3 Å². The summed E-state index contributed by atoms with van der Waals surface area (Å²) in [6.45, 7) is 4.01. The fraction of sp³-hybridized carbons (Fsp3) is 0.314. The van der Waals surface area contributed by atoms with E-state index in [9.17, 15) is 14.9 Å². The first-order valence-electron chi connectivity index (χ1n) is 14.5. The van der Waals surface area contributed by atoms with E-state index in [-0.39, 0.29) is 30.2 Å². The molecule has 1 aromatic heterocycles. The Balaban J connectivity index is 1.80. The number of aromatic nitrogens is 2. The fourth-order valence-electron chi connectivity index (χ4n) is 5.30. The minimum absolute atomic E-state index is 0.0387. The summed E-state index contributed by atoms with van der Waals surface area (Å²) < 4.78 is 19.6. The SMILES string of the molecule is COc1ccc(C(OC[C@@H](Cn2ccc(NC(C)=O)nc2=O)[C@H](C)CCC#N)(c2ccccc2)c2ccc(OC)cc2)cc1. The van der Waals surface area contributed by atoms with Gasteiger partial charge in [-0.1, -0.05) is 61.5 Å². The van der Waals surface area contributed by atoms with Crippen LogP contribution in [0.4, 0.5) is 5.82 Å². The molecule has 0 bridgehead atoms. The number of nitrogens with one attached hydrogen (secondary N) is 1. The Morgan fingerprint density at radius 1 is 0.932 bits per heavy atom. The summed E-state index contributed by atoms with van der Waals surface area (Å²) in [7, 11) is 3.26. The van der Waals surface area contributed by atoms with Crippen LogP contribution in [0, 0.1) is 23.2 Å². The van der Waals surface area contributed by atoms with E-state index in [1.807, 2.05) is 78.9 Å². The maximum Gasteiger partial charge on any atom is 0.349 e. The molecule has 0 aliphatic carbocycles. The van der Waals surface area contributed by atoms with Gasteiger partial charge >= 0.3 is 5.69 Å². The molecular formula is C35H38N4O5. The van der Waals surface area contributed by atoms with Crippen molar-refractivity contribution in [3.8, 4) is 17.6 Å². The number of hydrogen-bond donors (Lipinski definition) is 1. The van der Waals surface area contributed by atoms with Crippen LogP contribution < -0.4 is 20.5 Å². The Morgan fingerprint density at radius 3 is 2.00 bits per heavy atom. The average molecular weight is 595 g/mol. The largest absolute Gasteiger partial charge is 0.497 e. The minimum Gasteiger partial charge on any atom is -0.497 e. The third kappa shape index (κ3) is 7.52. The van der Waals surface area contributed by atoms with Crippen molar-refractivity contribution < 1.29 is 19.0 Å². The molecule has 44 heavy (non-hydrogen) atoms. The predicted octanol–water partition coefficient (Wildman–Crippen LogP) is 5.78. The predicted molar refractivity (Wildman–Crippen MR) is 169 cm³/mol. The summed E-state index contributed by atoms with van der Waals surface area (Å²) in [4.78, 5) is 28.5. The van der Waals surface area contributed by atoms with E-state index in [4.69, 9.17) is 14.2 Å². The first-order chi connectivity index (χ1) is 21.3. The maximum absolute atomic E-state index is 13.0. The molecule has 9 nitrogen and oxygen atoms in total. The third-order valence-electron chi connectivity index (χ3n) is 7.81. The van der Waals surface area contributed by atoms with Crippen molar-refractivity contribution in [2.45, 2.75) is 38.8 Å². The van der Waals surface area contributed by atoms with E-state index in [2.05, 4.69) is 23.3 Å². The molecule has 1 amide bonds. The lowest BCUT2D eigenvalue weighted by atomic mass is 9.79. The molecule has 0 radical (unpaired) electrons. The molecule has 2 atom stereocenters. The number of benzene rings is 3. The second-order valence-corrected chi connectivity index (χ2v) is 10.7. The van der Waals surface area contributed by atoms with E-state index in [1.54, 1.807) is 26.5 Å². The lowest BCUT2D eigenvalue weighted by molar-refractivity contribution is -0.114. The zero-order valence-corrected chi connectivity index (χ0v) is 25.5. The van der Waals surface area contributed by atoms with Gasteiger partial charge in [-0.3, -0.25) is 9.36 Å². The molecule has 4 aromatic rings. The van der Waals surface area contributed by atoms with Gasteiger partial charge in [0.25, 0.3) is 0 Å². The summed E-state index contributed by atoms with van der Waals surface area (Å²) >= 11 is 0. The molecular weight excluding hydrogens is 556 g/mol. The number of anilines is 1. The summed E-state index contributed by atoms with van der Waals surface area (Å²) in [5.74, 6) is 1.23.